The molecule has 0 radical (unpaired) electrons. The van der Waals surface area contributed by atoms with Gasteiger partial charge in [0.1, 0.15) is 11.6 Å². The summed E-state index contributed by atoms with van der Waals surface area (Å²) >= 11 is 3.22. The van der Waals surface area contributed by atoms with Gasteiger partial charge >= 0.3 is 6.03 Å². The van der Waals surface area contributed by atoms with Crippen molar-refractivity contribution < 1.29 is 13.9 Å². The predicted octanol–water partition coefficient (Wildman–Crippen LogP) is 3.71. The van der Waals surface area contributed by atoms with Gasteiger partial charge in [0.15, 0.2) is 0 Å². The van der Waals surface area contributed by atoms with Crippen molar-refractivity contribution in [1.82, 2.24) is 15.1 Å². The van der Waals surface area contributed by atoms with Crippen LogP contribution in [0.25, 0.3) is 0 Å². The zero-order valence-electron chi connectivity index (χ0n) is 16.6. The van der Waals surface area contributed by atoms with Crippen LogP contribution in [0.15, 0.2) is 46.9 Å². The van der Waals surface area contributed by atoms with Crippen LogP contribution in [0.1, 0.15) is 11.6 Å². The van der Waals surface area contributed by atoms with E-state index < -0.39 is 11.8 Å². The van der Waals surface area contributed by atoms with Crippen LogP contribution in [0.3, 0.4) is 0 Å². The van der Waals surface area contributed by atoms with Crippen molar-refractivity contribution >= 4 is 27.6 Å². The minimum Gasteiger partial charge on any atom is -0.497 e. The largest absolute Gasteiger partial charge is 0.497 e. The number of likely N-dealkylation sites (N-methyl/N-ethyl adjacent to an activating group) is 1. The quantitative estimate of drug-likeness (QED) is 0.683. The number of halogens is 2. The first-order valence-electron chi connectivity index (χ1n) is 9.52. The molecule has 1 atom stereocenters. The number of rotatable bonds is 6. The van der Waals surface area contributed by atoms with E-state index in [2.05, 4.69) is 43.4 Å². The number of nitrogens with zero attached hydrogens (tertiary/aromatic N) is 2. The van der Waals surface area contributed by atoms with Gasteiger partial charge in [0.25, 0.3) is 0 Å². The Labute approximate surface area is 179 Å². The number of carbonyl (C=O) groups is 1. The van der Waals surface area contributed by atoms with Crippen LogP contribution in [0.4, 0.5) is 14.9 Å². The average Bonchev–Trinajstić information content (AvgIpc) is 2.71. The zero-order chi connectivity index (χ0) is 20.8. The number of urea groups is 1. The molecule has 0 aliphatic carbocycles. The molecule has 1 fully saturated rings. The van der Waals surface area contributed by atoms with Crippen molar-refractivity contribution in [3.8, 4) is 5.75 Å². The van der Waals surface area contributed by atoms with E-state index in [0.717, 1.165) is 37.5 Å². The van der Waals surface area contributed by atoms with Gasteiger partial charge in [0, 0.05) is 37.2 Å². The van der Waals surface area contributed by atoms with E-state index >= 15 is 0 Å². The van der Waals surface area contributed by atoms with Crippen LogP contribution in [0.2, 0.25) is 0 Å². The summed E-state index contributed by atoms with van der Waals surface area (Å²) in [5.41, 5.74) is 1.11. The maximum absolute atomic E-state index is 14.1. The number of amides is 2. The Hall–Kier alpha value is -2.16. The number of hydrogen-bond acceptors (Lipinski definition) is 4. The van der Waals surface area contributed by atoms with E-state index in [9.17, 15) is 9.18 Å². The van der Waals surface area contributed by atoms with Gasteiger partial charge < -0.3 is 20.3 Å². The predicted molar refractivity (Wildman–Crippen MR) is 116 cm³/mol. The number of ether oxygens (including phenoxy) is 1. The third-order valence-electron chi connectivity index (χ3n) is 5.04. The Morgan fingerprint density at radius 2 is 1.86 bits per heavy atom. The van der Waals surface area contributed by atoms with E-state index in [1.54, 1.807) is 13.2 Å². The first kappa shape index (κ1) is 21.5. The van der Waals surface area contributed by atoms with Gasteiger partial charge in [0.05, 0.1) is 18.8 Å². The number of anilines is 1. The molecule has 1 aliphatic rings. The monoisotopic (exact) mass is 464 g/mol. The molecular weight excluding hydrogens is 439 g/mol. The van der Waals surface area contributed by atoms with E-state index in [1.807, 2.05) is 24.3 Å². The first-order valence-corrected chi connectivity index (χ1v) is 10.3. The van der Waals surface area contributed by atoms with Crippen LogP contribution in [-0.4, -0.2) is 62.7 Å². The standard InChI is InChI=1S/C21H26BrFN4O2/c1-26-9-11-27(12-10-26)14-20(15-3-6-17(29-2)7-4-15)25-21(28)24-19-8-5-16(22)13-18(19)23/h3-8,13,20H,9-12,14H2,1-2H3,(H2,24,25,28)/t20-/m1/s1. The lowest BCUT2D eigenvalue weighted by molar-refractivity contribution is 0.143. The van der Waals surface area contributed by atoms with Gasteiger partial charge in [-0.3, -0.25) is 4.90 Å². The molecule has 2 aromatic rings. The summed E-state index contributed by atoms with van der Waals surface area (Å²) in [6, 6.07) is 11.5. The summed E-state index contributed by atoms with van der Waals surface area (Å²) in [5, 5.41) is 5.60. The molecule has 0 saturated carbocycles. The molecular formula is C21H26BrFN4O2. The third kappa shape index (κ3) is 6.16. The molecule has 29 heavy (non-hydrogen) atoms. The molecule has 2 N–H and O–H groups in total. The third-order valence-corrected chi connectivity index (χ3v) is 5.53. The van der Waals surface area contributed by atoms with E-state index in [0.29, 0.717) is 11.0 Å². The topological polar surface area (TPSA) is 56.8 Å². The molecule has 2 amide bonds. The second-order valence-electron chi connectivity index (χ2n) is 7.15. The van der Waals surface area contributed by atoms with Crippen molar-refractivity contribution in [3.05, 3.63) is 58.3 Å². The van der Waals surface area contributed by atoms with Crippen molar-refractivity contribution in [2.45, 2.75) is 6.04 Å². The van der Waals surface area contributed by atoms with E-state index in [1.165, 1.54) is 12.1 Å². The molecule has 8 heteroatoms. The summed E-state index contributed by atoms with van der Waals surface area (Å²) in [7, 11) is 3.73. The van der Waals surface area contributed by atoms with Gasteiger partial charge in [0.2, 0.25) is 0 Å². The molecule has 0 unspecified atom stereocenters. The number of benzene rings is 2. The van der Waals surface area contributed by atoms with Crippen LogP contribution in [-0.2, 0) is 0 Å². The SMILES string of the molecule is COc1ccc([C@@H](CN2CCN(C)CC2)NC(=O)Nc2ccc(Br)cc2F)cc1. The van der Waals surface area contributed by atoms with Crippen LogP contribution in [0, 0.1) is 5.82 Å². The van der Waals surface area contributed by atoms with Gasteiger partial charge in [-0.25, -0.2) is 9.18 Å². The van der Waals surface area contributed by atoms with Crippen molar-refractivity contribution in [2.24, 2.45) is 0 Å². The number of hydrogen-bond donors (Lipinski definition) is 2. The highest BCUT2D eigenvalue weighted by atomic mass is 79.9. The Morgan fingerprint density at radius 3 is 2.48 bits per heavy atom. The number of piperazine rings is 1. The molecule has 1 heterocycles. The van der Waals surface area contributed by atoms with Gasteiger partial charge in [-0.05, 0) is 42.9 Å². The molecule has 3 rings (SSSR count). The lowest BCUT2D eigenvalue weighted by Gasteiger charge is -2.35. The van der Waals surface area contributed by atoms with Gasteiger partial charge in [-0.2, -0.15) is 0 Å². The molecule has 0 bridgehead atoms. The highest BCUT2D eigenvalue weighted by Gasteiger charge is 2.22. The summed E-state index contributed by atoms with van der Waals surface area (Å²) in [6.45, 7) is 4.54. The fourth-order valence-electron chi connectivity index (χ4n) is 3.27. The minimum atomic E-state index is -0.491. The maximum Gasteiger partial charge on any atom is 0.319 e. The van der Waals surface area contributed by atoms with Crippen LogP contribution >= 0.6 is 15.9 Å². The highest BCUT2D eigenvalue weighted by Crippen LogP contribution is 2.22. The van der Waals surface area contributed by atoms with Crippen molar-refractivity contribution in [3.63, 3.8) is 0 Å². The van der Waals surface area contributed by atoms with Gasteiger partial charge in [-0.15, -0.1) is 0 Å². The van der Waals surface area contributed by atoms with Crippen LogP contribution in [0.5, 0.6) is 5.75 Å². The second-order valence-corrected chi connectivity index (χ2v) is 8.07. The normalized spacial score (nSPS) is 16.3. The van der Waals surface area contributed by atoms with Crippen molar-refractivity contribution in [2.75, 3.05) is 52.2 Å². The van der Waals surface area contributed by atoms with Crippen molar-refractivity contribution in [1.29, 1.82) is 0 Å². The molecule has 0 spiro atoms. The smallest absolute Gasteiger partial charge is 0.319 e. The summed E-state index contributed by atoms with van der Waals surface area (Å²) in [4.78, 5) is 17.2. The zero-order valence-corrected chi connectivity index (χ0v) is 18.2. The summed E-state index contributed by atoms with van der Waals surface area (Å²) in [5.74, 6) is 0.267. The minimum absolute atomic E-state index is 0.138. The Kier molecular flexibility index (Phi) is 7.46. The molecule has 1 aliphatic heterocycles. The Balaban J connectivity index is 1.71. The maximum atomic E-state index is 14.1. The summed E-state index contributed by atoms with van der Waals surface area (Å²) < 4.78 is 19.9. The fraction of sp³-hybridized carbons (Fsp3) is 0.381. The molecule has 6 nitrogen and oxygen atoms in total. The lowest BCUT2D eigenvalue weighted by Crippen LogP contribution is -2.48. The second kappa shape index (κ2) is 10.0. The molecule has 2 aromatic carbocycles. The average molecular weight is 465 g/mol. The van der Waals surface area contributed by atoms with E-state index in [-0.39, 0.29) is 11.7 Å². The van der Waals surface area contributed by atoms with E-state index in [4.69, 9.17) is 4.74 Å². The molecule has 1 saturated heterocycles. The number of methoxy groups -OCH3 is 1. The summed E-state index contributed by atoms with van der Waals surface area (Å²) in [6.07, 6.45) is 0. The first-order chi connectivity index (χ1) is 13.9. The number of nitrogens with one attached hydrogen (secondary N) is 2. The number of carbonyl (C=O) groups excluding carboxylic acids is 1. The lowest BCUT2D eigenvalue weighted by atomic mass is 10.1. The highest BCUT2D eigenvalue weighted by molar-refractivity contribution is 9.10. The Bertz CT molecular complexity index is 826. The molecule has 156 valence electrons. The molecule has 0 aromatic heterocycles. The van der Waals surface area contributed by atoms with Gasteiger partial charge in [-0.1, -0.05) is 28.1 Å². The fourth-order valence-corrected chi connectivity index (χ4v) is 3.60. The Morgan fingerprint density at radius 1 is 1.17 bits per heavy atom. The van der Waals surface area contributed by atoms with Crippen LogP contribution < -0.4 is 15.4 Å².